The highest BCUT2D eigenvalue weighted by Crippen LogP contribution is 2.44. The lowest BCUT2D eigenvalue weighted by Crippen LogP contribution is -1.96. The van der Waals surface area contributed by atoms with Gasteiger partial charge >= 0.3 is 0 Å². The summed E-state index contributed by atoms with van der Waals surface area (Å²) in [7, 11) is 2.57. The third-order valence-electron chi connectivity index (χ3n) is 6.66. The molecule has 0 radical (unpaired) electrons. The fourth-order valence-corrected chi connectivity index (χ4v) is 6.56. The Bertz CT molecular complexity index is 1810. The first-order valence-corrected chi connectivity index (χ1v) is 15.2. The first-order chi connectivity index (χ1) is 20.5. The first-order valence-electron chi connectivity index (χ1n) is 13.0. The Balaban J connectivity index is 1.47. The average molecular weight is 583 g/mol. The predicted molar refractivity (Wildman–Crippen MR) is 165 cm³/mol. The molecule has 4 heterocycles. The standard InChI is InChI=1S/C34H22N4O2S2/c1-21-7-11-23(12-8-21)29-17-25(31-5-3-15-39-31)27(19-35)33(37-29)41-42-34-28(20-36)26(32-6-4-16-40-32)18-30(38-34)24-13-9-22(2)10-14-24/h3-18H,1-2H3. The number of aromatic nitrogens is 2. The van der Waals surface area contributed by atoms with Gasteiger partial charge in [-0.05, 0) is 71.8 Å². The van der Waals surface area contributed by atoms with Crippen LogP contribution >= 0.6 is 21.6 Å². The smallest absolute Gasteiger partial charge is 0.135 e. The van der Waals surface area contributed by atoms with Crippen molar-refractivity contribution in [3.63, 3.8) is 0 Å². The highest BCUT2D eigenvalue weighted by atomic mass is 33.1. The normalized spacial score (nSPS) is 10.8. The largest absolute Gasteiger partial charge is 0.464 e. The van der Waals surface area contributed by atoms with Crippen molar-refractivity contribution in [2.24, 2.45) is 0 Å². The zero-order valence-electron chi connectivity index (χ0n) is 22.7. The van der Waals surface area contributed by atoms with E-state index in [0.717, 1.165) is 22.3 Å². The van der Waals surface area contributed by atoms with E-state index < -0.39 is 0 Å². The summed E-state index contributed by atoms with van der Waals surface area (Å²) in [6.45, 7) is 4.06. The fraction of sp³-hybridized carbons (Fsp3) is 0.0588. The van der Waals surface area contributed by atoms with E-state index in [1.165, 1.54) is 21.6 Å². The summed E-state index contributed by atoms with van der Waals surface area (Å²) < 4.78 is 11.4. The number of nitriles is 2. The zero-order chi connectivity index (χ0) is 29.1. The van der Waals surface area contributed by atoms with Gasteiger partial charge in [0.25, 0.3) is 0 Å². The Morgan fingerprint density at radius 1 is 0.595 bits per heavy atom. The molecule has 0 saturated carbocycles. The Morgan fingerprint density at radius 2 is 1.00 bits per heavy atom. The fourth-order valence-electron chi connectivity index (χ4n) is 4.46. The van der Waals surface area contributed by atoms with Crippen molar-refractivity contribution in [3.8, 4) is 57.3 Å². The lowest BCUT2D eigenvalue weighted by Gasteiger charge is -2.13. The predicted octanol–water partition coefficient (Wildman–Crippen LogP) is 9.49. The molecule has 0 fully saturated rings. The molecule has 0 aliphatic rings. The highest BCUT2D eigenvalue weighted by molar-refractivity contribution is 8.76. The molecule has 42 heavy (non-hydrogen) atoms. The molecule has 0 atom stereocenters. The summed E-state index contributed by atoms with van der Waals surface area (Å²) in [6, 6.07) is 31.8. The van der Waals surface area contributed by atoms with Crippen LogP contribution in [0.3, 0.4) is 0 Å². The lowest BCUT2D eigenvalue weighted by molar-refractivity contribution is 0.581. The maximum Gasteiger partial charge on any atom is 0.135 e. The van der Waals surface area contributed by atoms with Gasteiger partial charge in [0.05, 0.1) is 35.0 Å². The second kappa shape index (κ2) is 11.8. The lowest BCUT2D eigenvalue weighted by atomic mass is 10.0. The Kier molecular flexibility index (Phi) is 7.66. The molecular weight excluding hydrogens is 561 g/mol. The molecule has 6 nitrogen and oxygen atoms in total. The van der Waals surface area contributed by atoms with Crippen molar-refractivity contribution >= 4 is 21.6 Å². The van der Waals surface area contributed by atoms with Crippen molar-refractivity contribution in [2.45, 2.75) is 23.9 Å². The van der Waals surface area contributed by atoms with Crippen LogP contribution in [0.4, 0.5) is 0 Å². The topological polar surface area (TPSA) is 99.6 Å². The van der Waals surface area contributed by atoms with Crippen molar-refractivity contribution in [1.29, 1.82) is 10.5 Å². The molecular formula is C34H22N4O2S2. The van der Waals surface area contributed by atoms with Crippen LogP contribution < -0.4 is 0 Å². The van der Waals surface area contributed by atoms with Gasteiger partial charge in [-0.3, -0.25) is 0 Å². The molecule has 202 valence electrons. The van der Waals surface area contributed by atoms with E-state index in [1.54, 1.807) is 24.7 Å². The van der Waals surface area contributed by atoms with E-state index in [-0.39, 0.29) is 0 Å². The van der Waals surface area contributed by atoms with Gasteiger partial charge < -0.3 is 8.83 Å². The monoisotopic (exact) mass is 582 g/mol. The molecule has 6 aromatic rings. The molecule has 4 aromatic heterocycles. The van der Waals surface area contributed by atoms with E-state index in [4.69, 9.17) is 18.8 Å². The van der Waals surface area contributed by atoms with Crippen molar-refractivity contribution in [3.05, 3.63) is 120 Å². The Labute approximate surface area is 251 Å². The van der Waals surface area contributed by atoms with Gasteiger partial charge in [0.1, 0.15) is 33.7 Å². The van der Waals surface area contributed by atoms with Gasteiger partial charge in [0.2, 0.25) is 0 Å². The second-order valence-electron chi connectivity index (χ2n) is 9.55. The zero-order valence-corrected chi connectivity index (χ0v) is 24.3. The van der Waals surface area contributed by atoms with Crippen LogP contribution in [-0.2, 0) is 0 Å². The number of benzene rings is 2. The second-order valence-corrected chi connectivity index (χ2v) is 11.7. The highest BCUT2D eigenvalue weighted by Gasteiger charge is 2.22. The van der Waals surface area contributed by atoms with Gasteiger partial charge in [0.15, 0.2) is 0 Å². The van der Waals surface area contributed by atoms with Crippen LogP contribution in [0.1, 0.15) is 22.3 Å². The number of nitrogens with zero attached hydrogens (tertiary/aromatic N) is 4. The van der Waals surface area contributed by atoms with Crippen molar-refractivity contribution < 1.29 is 8.83 Å². The number of hydrogen-bond donors (Lipinski definition) is 0. The first kappa shape index (κ1) is 27.2. The van der Waals surface area contributed by atoms with E-state index in [0.29, 0.717) is 55.2 Å². The Morgan fingerprint density at radius 3 is 1.33 bits per heavy atom. The summed E-state index contributed by atoms with van der Waals surface area (Å²) in [4.78, 5) is 9.79. The third-order valence-corrected chi connectivity index (χ3v) is 8.85. The molecule has 8 heteroatoms. The van der Waals surface area contributed by atoms with E-state index >= 15 is 0 Å². The van der Waals surface area contributed by atoms with Crippen LogP contribution in [0.15, 0.2) is 116 Å². The molecule has 0 amide bonds. The minimum Gasteiger partial charge on any atom is -0.464 e. The van der Waals surface area contributed by atoms with E-state index in [1.807, 2.05) is 86.6 Å². The maximum atomic E-state index is 10.2. The number of furan rings is 2. The summed E-state index contributed by atoms with van der Waals surface area (Å²) in [5.41, 5.74) is 7.60. The third kappa shape index (κ3) is 5.46. The molecule has 0 saturated heterocycles. The van der Waals surface area contributed by atoms with Crippen LogP contribution in [0, 0.1) is 36.5 Å². The number of aryl methyl sites for hydroxylation is 2. The van der Waals surface area contributed by atoms with Gasteiger partial charge in [0, 0.05) is 22.3 Å². The molecule has 0 aliphatic carbocycles. The molecule has 0 unspecified atom stereocenters. The van der Waals surface area contributed by atoms with Crippen molar-refractivity contribution in [1.82, 2.24) is 9.97 Å². The van der Waals surface area contributed by atoms with Gasteiger partial charge in [-0.2, -0.15) is 10.5 Å². The summed E-state index contributed by atoms with van der Waals surface area (Å²) in [5, 5.41) is 21.5. The van der Waals surface area contributed by atoms with Crippen LogP contribution in [0.25, 0.3) is 45.2 Å². The van der Waals surface area contributed by atoms with Crippen LogP contribution in [0.2, 0.25) is 0 Å². The quantitative estimate of drug-likeness (QED) is 0.172. The molecule has 0 aliphatic heterocycles. The van der Waals surface area contributed by atoms with Gasteiger partial charge in [-0.15, -0.1) is 0 Å². The van der Waals surface area contributed by atoms with Gasteiger partial charge in [-0.1, -0.05) is 59.7 Å². The van der Waals surface area contributed by atoms with E-state index in [9.17, 15) is 10.5 Å². The number of rotatable bonds is 7. The van der Waals surface area contributed by atoms with Crippen molar-refractivity contribution in [2.75, 3.05) is 0 Å². The maximum absolute atomic E-state index is 10.2. The molecule has 2 aromatic carbocycles. The number of hydrogen-bond acceptors (Lipinski definition) is 8. The van der Waals surface area contributed by atoms with Gasteiger partial charge in [-0.25, -0.2) is 9.97 Å². The van der Waals surface area contributed by atoms with Crippen LogP contribution in [0.5, 0.6) is 0 Å². The number of pyridine rings is 2. The summed E-state index contributed by atoms with van der Waals surface area (Å²) in [6.07, 6.45) is 3.17. The van der Waals surface area contributed by atoms with Crippen LogP contribution in [-0.4, -0.2) is 9.97 Å². The summed E-state index contributed by atoms with van der Waals surface area (Å²) in [5.74, 6) is 1.15. The molecule has 0 spiro atoms. The minimum atomic E-state index is 0.387. The minimum absolute atomic E-state index is 0.387. The molecule has 0 bridgehead atoms. The van der Waals surface area contributed by atoms with E-state index in [2.05, 4.69) is 12.1 Å². The average Bonchev–Trinajstić information content (AvgIpc) is 3.75. The molecule has 6 rings (SSSR count). The molecule has 0 N–H and O–H groups in total. The summed E-state index contributed by atoms with van der Waals surface area (Å²) >= 11 is 0. The Hall–Kier alpha value is -5.02. The SMILES string of the molecule is Cc1ccc(-c2cc(-c3ccco3)c(C#N)c(SSc3nc(-c4ccc(C)cc4)cc(-c4ccco4)c3C#N)n2)cc1.